The van der Waals surface area contributed by atoms with Crippen LogP contribution in [-0.4, -0.2) is 64.2 Å². The molecule has 1 saturated heterocycles. The van der Waals surface area contributed by atoms with Crippen LogP contribution in [0.1, 0.15) is 57.9 Å². The molecule has 3 N–H and O–H groups in total. The molecule has 1 aromatic carbocycles. The highest BCUT2D eigenvalue weighted by Gasteiger charge is 2.51. The van der Waals surface area contributed by atoms with Gasteiger partial charge in [-0.05, 0) is 45.7 Å². The fourth-order valence-corrected chi connectivity index (χ4v) is 5.05. The molecule has 3 amide bonds. The summed E-state index contributed by atoms with van der Waals surface area (Å²) in [4.78, 5) is 42.1. The van der Waals surface area contributed by atoms with Gasteiger partial charge in [-0.25, -0.2) is 0 Å². The summed E-state index contributed by atoms with van der Waals surface area (Å²) in [6.45, 7) is 5.88. The first-order valence-corrected chi connectivity index (χ1v) is 11.9. The predicted molar refractivity (Wildman–Crippen MR) is 126 cm³/mol. The predicted octanol–water partition coefficient (Wildman–Crippen LogP) is 1.94. The summed E-state index contributed by atoms with van der Waals surface area (Å²) in [6, 6.07) is 7.76. The number of amidine groups is 1. The van der Waals surface area contributed by atoms with E-state index in [4.69, 9.17) is 0 Å². The monoisotopic (exact) mass is 454 g/mol. The number of anilines is 1. The minimum Gasteiger partial charge on any atom is -0.354 e. The van der Waals surface area contributed by atoms with Crippen molar-refractivity contribution < 1.29 is 14.4 Å². The lowest BCUT2D eigenvalue weighted by Crippen LogP contribution is -2.69. The highest BCUT2D eigenvalue weighted by atomic mass is 16.2. The van der Waals surface area contributed by atoms with Crippen molar-refractivity contribution in [1.29, 1.82) is 0 Å². The first-order valence-electron chi connectivity index (χ1n) is 11.9. The van der Waals surface area contributed by atoms with E-state index in [1.807, 2.05) is 45.0 Å². The maximum absolute atomic E-state index is 13.4. The molecule has 1 aromatic rings. The molecule has 1 aliphatic carbocycles. The van der Waals surface area contributed by atoms with Gasteiger partial charge in [0, 0.05) is 24.6 Å². The van der Waals surface area contributed by atoms with Crippen LogP contribution < -0.4 is 16.1 Å². The Morgan fingerprint density at radius 1 is 1.12 bits per heavy atom. The number of fused-ring (bicyclic) bond motifs is 3. The van der Waals surface area contributed by atoms with Gasteiger partial charge in [0.25, 0.3) is 5.91 Å². The molecule has 178 valence electrons. The van der Waals surface area contributed by atoms with Crippen LogP contribution in [-0.2, 0) is 14.4 Å². The van der Waals surface area contributed by atoms with E-state index in [0.717, 1.165) is 42.8 Å². The molecule has 2 heterocycles. The van der Waals surface area contributed by atoms with Gasteiger partial charge in [0.15, 0.2) is 6.17 Å². The number of amides is 3. The van der Waals surface area contributed by atoms with Gasteiger partial charge in [-0.15, -0.1) is 0 Å². The van der Waals surface area contributed by atoms with E-state index in [-0.39, 0.29) is 42.4 Å². The first kappa shape index (κ1) is 23.1. The Morgan fingerprint density at radius 2 is 1.82 bits per heavy atom. The Kier molecular flexibility index (Phi) is 6.85. The maximum atomic E-state index is 13.4. The number of nitrogens with zero attached hydrogens (tertiary/aromatic N) is 3. The Morgan fingerprint density at radius 3 is 2.52 bits per heavy atom. The topological polar surface area (TPSA) is 106 Å². The number of carbonyl (C=O) groups excluding carboxylic acids is 3. The number of hydrogen-bond acceptors (Lipinski definition) is 6. The zero-order valence-corrected chi connectivity index (χ0v) is 19.6. The number of aryl methyl sites for hydroxylation is 1. The molecular formula is C24H34N6O3. The number of carbonyl (C=O) groups is 3. The number of benzene rings is 1. The van der Waals surface area contributed by atoms with Crippen molar-refractivity contribution in [3.8, 4) is 0 Å². The van der Waals surface area contributed by atoms with Gasteiger partial charge in [0.1, 0.15) is 12.4 Å². The Balaban J connectivity index is 1.44. The SMILES string of the molecule is Cc1ccc(NC(=O)CN2C(=O)C3NN=C(CCC(=O)NC(C)C)N3C3CCCCC32)cc1. The van der Waals surface area contributed by atoms with E-state index < -0.39 is 6.17 Å². The second kappa shape index (κ2) is 9.80. The highest BCUT2D eigenvalue weighted by Crippen LogP contribution is 2.35. The van der Waals surface area contributed by atoms with Crippen LogP contribution in [0.3, 0.4) is 0 Å². The third-order valence-electron chi connectivity index (χ3n) is 6.54. The lowest BCUT2D eigenvalue weighted by Gasteiger charge is -2.51. The van der Waals surface area contributed by atoms with Crippen LogP contribution in [0, 0.1) is 6.92 Å². The smallest absolute Gasteiger partial charge is 0.268 e. The van der Waals surface area contributed by atoms with Gasteiger partial charge >= 0.3 is 0 Å². The number of hydrazone groups is 1. The van der Waals surface area contributed by atoms with Gasteiger partial charge in [-0.3, -0.25) is 19.8 Å². The van der Waals surface area contributed by atoms with Crippen LogP contribution in [0.25, 0.3) is 0 Å². The molecule has 2 aliphatic heterocycles. The average Bonchev–Trinajstić information content (AvgIpc) is 3.21. The minimum atomic E-state index is -0.611. The van der Waals surface area contributed by atoms with Crippen molar-refractivity contribution in [2.24, 2.45) is 5.10 Å². The molecule has 0 aromatic heterocycles. The lowest BCUT2D eigenvalue weighted by molar-refractivity contribution is -0.151. The molecule has 3 aliphatic rings. The van der Waals surface area contributed by atoms with Crippen molar-refractivity contribution in [2.45, 2.75) is 83.6 Å². The molecule has 9 heteroatoms. The third-order valence-corrected chi connectivity index (χ3v) is 6.54. The first-order chi connectivity index (χ1) is 15.8. The summed E-state index contributed by atoms with van der Waals surface area (Å²) in [7, 11) is 0. The summed E-state index contributed by atoms with van der Waals surface area (Å²) in [5.74, 6) is 0.402. The number of piperazine rings is 1. The van der Waals surface area contributed by atoms with Crippen molar-refractivity contribution in [1.82, 2.24) is 20.5 Å². The van der Waals surface area contributed by atoms with E-state index in [1.165, 1.54) is 0 Å². The normalized spacial score (nSPS) is 24.1. The van der Waals surface area contributed by atoms with Gasteiger partial charge in [0.05, 0.1) is 12.1 Å². The molecule has 3 unspecified atom stereocenters. The molecule has 3 atom stereocenters. The molecular weight excluding hydrogens is 420 g/mol. The summed E-state index contributed by atoms with van der Waals surface area (Å²) < 4.78 is 0. The molecule has 4 rings (SSSR count). The fraction of sp³-hybridized carbons (Fsp3) is 0.583. The zero-order chi connectivity index (χ0) is 23.5. The Hall–Kier alpha value is -3.10. The van der Waals surface area contributed by atoms with Crippen molar-refractivity contribution in [2.75, 3.05) is 11.9 Å². The second-order valence-corrected chi connectivity index (χ2v) is 9.49. The lowest BCUT2D eigenvalue weighted by atomic mass is 9.85. The number of hydrogen-bond donors (Lipinski definition) is 3. The van der Waals surface area contributed by atoms with Gasteiger partial charge < -0.3 is 20.4 Å². The average molecular weight is 455 g/mol. The summed E-state index contributed by atoms with van der Waals surface area (Å²) in [5.41, 5.74) is 4.82. The van der Waals surface area contributed by atoms with Crippen LogP contribution in [0.15, 0.2) is 29.4 Å². The summed E-state index contributed by atoms with van der Waals surface area (Å²) in [6.07, 6.45) is 4.09. The fourth-order valence-electron chi connectivity index (χ4n) is 5.05. The van der Waals surface area contributed by atoms with Crippen molar-refractivity contribution >= 4 is 29.2 Å². The van der Waals surface area contributed by atoms with Crippen LogP contribution >= 0.6 is 0 Å². The van der Waals surface area contributed by atoms with Crippen molar-refractivity contribution in [3.05, 3.63) is 29.8 Å². The standard InChI is InChI=1S/C24H34N6O3/c1-15(2)25-21(31)13-12-20-27-28-23-24(33)29(18-6-4-5-7-19(18)30(20)23)14-22(32)26-17-10-8-16(3)9-11-17/h8-11,15,18-19,23,28H,4-7,12-14H2,1-3H3,(H,25,31)(H,26,32). The second-order valence-electron chi connectivity index (χ2n) is 9.49. The highest BCUT2D eigenvalue weighted by molar-refractivity contribution is 5.98. The number of nitrogens with one attached hydrogen (secondary N) is 3. The number of rotatable bonds is 7. The minimum absolute atomic E-state index is 0.0194. The van der Waals surface area contributed by atoms with Crippen LogP contribution in [0.4, 0.5) is 5.69 Å². The zero-order valence-electron chi connectivity index (χ0n) is 19.6. The molecule has 2 fully saturated rings. The maximum Gasteiger partial charge on any atom is 0.268 e. The molecule has 0 radical (unpaired) electrons. The van der Waals surface area contributed by atoms with E-state index in [0.29, 0.717) is 12.8 Å². The van der Waals surface area contributed by atoms with E-state index in [1.54, 1.807) is 4.90 Å². The van der Waals surface area contributed by atoms with E-state index >= 15 is 0 Å². The molecule has 1 saturated carbocycles. The van der Waals surface area contributed by atoms with Crippen molar-refractivity contribution in [3.63, 3.8) is 0 Å². The molecule has 0 bridgehead atoms. The van der Waals surface area contributed by atoms with Gasteiger partial charge in [-0.2, -0.15) is 5.10 Å². The van der Waals surface area contributed by atoms with Gasteiger partial charge in [0.2, 0.25) is 11.8 Å². The summed E-state index contributed by atoms with van der Waals surface area (Å²) in [5, 5.41) is 10.2. The van der Waals surface area contributed by atoms with Crippen LogP contribution in [0.5, 0.6) is 0 Å². The summed E-state index contributed by atoms with van der Waals surface area (Å²) >= 11 is 0. The third kappa shape index (κ3) is 5.12. The molecule has 33 heavy (non-hydrogen) atoms. The quantitative estimate of drug-likeness (QED) is 0.584. The van der Waals surface area contributed by atoms with Crippen LogP contribution in [0.2, 0.25) is 0 Å². The largest absolute Gasteiger partial charge is 0.354 e. The molecule has 9 nitrogen and oxygen atoms in total. The Bertz CT molecular complexity index is 929. The Labute approximate surface area is 195 Å². The van der Waals surface area contributed by atoms with E-state index in [2.05, 4.69) is 26.1 Å². The van der Waals surface area contributed by atoms with Gasteiger partial charge in [-0.1, -0.05) is 30.5 Å². The van der Waals surface area contributed by atoms with E-state index in [9.17, 15) is 14.4 Å². The molecule has 0 spiro atoms.